The number of benzene rings is 2. The van der Waals surface area contributed by atoms with Gasteiger partial charge in [0, 0.05) is 21.6 Å². The number of aryl methyl sites for hydroxylation is 2. The Balaban J connectivity index is 2.25. The molecule has 0 nitrogen and oxygen atoms in total. The summed E-state index contributed by atoms with van der Waals surface area (Å²) in [6.07, 6.45) is 1.81. The fourth-order valence-electron chi connectivity index (χ4n) is 1.94. The monoisotopic (exact) mass is 310 g/mol. The third kappa shape index (κ3) is 4.17. The molecule has 0 spiro atoms. The third-order valence-electron chi connectivity index (χ3n) is 2.89. The van der Waals surface area contributed by atoms with E-state index in [0.717, 1.165) is 12.8 Å². The van der Waals surface area contributed by atoms with Gasteiger partial charge in [0.2, 0.25) is 0 Å². The summed E-state index contributed by atoms with van der Waals surface area (Å²) in [7, 11) is 0. The van der Waals surface area contributed by atoms with Gasteiger partial charge in [-0.15, -0.1) is 23.2 Å². The first-order valence-electron chi connectivity index (χ1n) is 6.30. The van der Waals surface area contributed by atoms with E-state index in [1.807, 2.05) is 0 Å². The molecule has 0 heterocycles. The van der Waals surface area contributed by atoms with E-state index in [1.165, 1.54) is 20.9 Å². The van der Waals surface area contributed by atoms with Gasteiger partial charge in [-0.2, -0.15) is 0 Å². The van der Waals surface area contributed by atoms with Gasteiger partial charge in [0.15, 0.2) is 0 Å². The summed E-state index contributed by atoms with van der Waals surface area (Å²) in [5, 5.41) is 0. The molecule has 0 atom stereocenters. The molecule has 100 valence electrons. The zero-order valence-electron chi connectivity index (χ0n) is 10.6. The molecule has 2 aromatic rings. The van der Waals surface area contributed by atoms with E-state index in [2.05, 4.69) is 48.5 Å². The molecule has 0 N–H and O–H groups in total. The Morgan fingerprint density at radius 3 is 1.53 bits per heavy atom. The second-order valence-corrected chi connectivity index (χ2v) is 6.04. The van der Waals surface area contributed by atoms with E-state index in [0.29, 0.717) is 11.8 Å². The topological polar surface area (TPSA) is 0 Å². The van der Waals surface area contributed by atoms with Crippen molar-refractivity contribution in [1.82, 2.24) is 0 Å². The van der Waals surface area contributed by atoms with E-state index in [1.54, 1.807) is 11.8 Å². The van der Waals surface area contributed by atoms with Crippen molar-refractivity contribution in [2.75, 3.05) is 11.8 Å². The van der Waals surface area contributed by atoms with Crippen molar-refractivity contribution < 1.29 is 0 Å². The summed E-state index contributed by atoms with van der Waals surface area (Å²) >= 11 is 13.5. The normalized spacial score (nSPS) is 10.6. The molecule has 19 heavy (non-hydrogen) atoms. The Bertz CT molecular complexity index is 478. The average Bonchev–Trinajstić information content (AvgIpc) is 2.44. The van der Waals surface area contributed by atoms with E-state index >= 15 is 0 Å². The molecular weight excluding hydrogens is 295 g/mol. The van der Waals surface area contributed by atoms with Crippen molar-refractivity contribution >= 4 is 35.0 Å². The first-order valence-corrected chi connectivity index (χ1v) is 8.19. The lowest BCUT2D eigenvalue weighted by Crippen LogP contribution is -1.92. The molecule has 0 unspecified atom stereocenters. The standard InChI is InChI=1S/C16H16Cl2S/c17-11-9-13-5-1-3-7-15(13)19-16-8-4-2-6-14(16)10-12-18/h1-8H,9-12H2. The Morgan fingerprint density at radius 1 is 0.684 bits per heavy atom. The van der Waals surface area contributed by atoms with Crippen LogP contribution in [0.3, 0.4) is 0 Å². The predicted molar refractivity (Wildman–Crippen MR) is 85.9 cm³/mol. The highest BCUT2D eigenvalue weighted by Gasteiger charge is 2.07. The highest BCUT2D eigenvalue weighted by Crippen LogP contribution is 2.33. The minimum Gasteiger partial charge on any atom is -0.126 e. The first kappa shape index (κ1) is 14.8. The molecule has 0 bridgehead atoms. The lowest BCUT2D eigenvalue weighted by molar-refractivity contribution is 1.07. The molecule has 0 aromatic heterocycles. The lowest BCUT2D eigenvalue weighted by Gasteiger charge is -2.11. The number of hydrogen-bond donors (Lipinski definition) is 0. The molecule has 0 saturated heterocycles. The fraction of sp³-hybridized carbons (Fsp3) is 0.250. The summed E-state index contributed by atoms with van der Waals surface area (Å²) in [6, 6.07) is 16.9. The molecule has 2 rings (SSSR count). The van der Waals surface area contributed by atoms with E-state index in [-0.39, 0.29) is 0 Å². The fourth-order valence-corrected chi connectivity index (χ4v) is 3.48. The largest absolute Gasteiger partial charge is 0.126 e. The summed E-state index contributed by atoms with van der Waals surface area (Å²) in [5.41, 5.74) is 2.62. The van der Waals surface area contributed by atoms with Crippen LogP contribution in [0.25, 0.3) is 0 Å². The quantitative estimate of drug-likeness (QED) is 0.644. The van der Waals surface area contributed by atoms with Crippen molar-refractivity contribution in [1.29, 1.82) is 0 Å². The molecule has 0 radical (unpaired) electrons. The first-order chi connectivity index (χ1) is 9.35. The van der Waals surface area contributed by atoms with E-state index in [9.17, 15) is 0 Å². The van der Waals surface area contributed by atoms with Crippen molar-refractivity contribution in [3.05, 3.63) is 59.7 Å². The molecule has 0 amide bonds. The molecule has 0 aliphatic heterocycles. The van der Waals surface area contributed by atoms with Crippen LogP contribution < -0.4 is 0 Å². The second-order valence-electron chi connectivity index (χ2n) is 4.20. The van der Waals surface area contributed by atoms with Crippen LogP contribution in [0.15, 0.2) is 58.3 Å². The maximum absolute atomic E-state index is 5.87. The lowest BCUT2D eigenvalue weighted by atomic mass is 10.2. The number of rotatable bonds is 6. The van der Waals surface area contributed by atoms with E-state index < -0.39 is 0 Å². The van der Waals surface area contributed by atoms with Crippen LogP contribution in [-0.4, -0.2) is 11.8 Å². The zero-order chi connectivity index (χ0) is 13.5. The zero-order valence-corrected chi connectivity index (χ0v) is 12.9. The van der Waals surface area contributed by atoms with Crippen molar-refractivity contribution in [3.63, 3.8) is 0 Å². The molecular formula is C16H16Cl2S. The molecule has 0 aliphatic carbocycles. The van der Waals surface area contributed by atoms with Gasteiger partial charge in [0.05, 0.1) is 0 Å². The Morgan fingerprint density at radius 2 is 1.11 bits per heavy atom. The Kier molecular flexibility index (Phi) is 6.09. The third-order valence-corrected chi connectivity index (χ3v) is 4.51. The summed E-state index contributed by atoms with van der Waals surface area (Å²) in [6.45, 7) is 0. The summed E-state index contributed by atoms with van der Waals surface area (Å²) in [5.74, 6) is 1.31. The van der Waals surface area contributed by atoms with E-state index in [4.69, 9.17) is 23.2 Å². The maximum Gasteiger partial charge on any atom is 0.0264 e. The van der Waals surface area contributed by atoms with Crippen LogP contribution in [0, 0.1) is 0 Å². The highest BCUT2D eigenvalue weighted by atomic mass is 35.5. The molecule has 0 saturated carbocycles. The number of hydrogen-bond acceptors (Lipinski definition) is 1. The minimum atomic E-state index is 0.654. The molecule has 3 heteroatoms. The SMILES string of the molecule is ClCCc1ccccc1Sc1ccccc1CCCl. The van der Waals surface area contributed by atoms with Gasteiger partial charge in [-0.1, -0.05) is 48.2 Å². The average molecular weight is 311 g/mol. The van der Waals surface area contributed by atoms with Crippen LogP contribution >= 0.6 is 35.0 Å². The summed E-state index contributed by atoms with van der Waals surface area (Å²) in [4.78, 5) is 2.57. The van der Waals surface area contributed by atoms with Crippen LogP contribution in [0.5, 0.6) is 0 Å². The molecule has 0 aliphatic rings. The van der Waals surface area contributed by atoms with Crippen LogP contribution in [0.4, 0.5) is 0 Å². The second kappa shape index (κ2) is 7.84. The minimum absolute atomic E-state index is 0.654. The summed E-state index contributed by atoms with van der Waals surface area (Å²) < 4.78 is 0. The van der Waals surface area contributed by atoms with Gasteiger partial charge < -0.3 is 0 Å². The predicted octanol–water partition coefficient (Wildman–Crippen LogP) is 5.40. The van der Waals surface area contributed by atoms with Crippen molar-refractivity contribution in [2.24, 2.45) is 0 Å². The molecule has 2 aromatic carbocycles. The van der Waals surface area contributed by atoms with Crippen LogP contribution in [-0.2, 0) is 12.8 Å². The van der Waals surface area contributed by atoms with Crippen molar-refractivity contribution in [3.8, 4) is 0 Å². The van der Waals surface area contributed by atoms with Gasteiger partial charge in [0.25, 0.3) is 0 Å². The van der Waals surface area contributed by atoms with Gasteiger partial charge in [-0.25, -0.2) is 0 Å². The van der Waals surface area contributed by atoms with Gasteiger partial charge in [-0.05, 0) is 36.1 Å². The van der Waals surface area contributed by atoms with Gasteiger partial charge in [-0.3, -0.25) is 0 Å². The maximum atomic E-state index is 5.87. The van der Waals surface area contributed by atoms with Crippen LogP contribution in [0.1, 0.15) is 11.1 Å². The number of halogens is 2. The van der Waals surface area contributed by atoms with Gasteiger partial charge in [0.1, 0.15) is 0 Å². The van der Waals surface area contributed by atoms with Crippen LogP contribution in [0.2, 0.25) is 0 Å². The Labute approximate surface area is 129 Å². The van der Waals surface area contributed by atoms with Crippen molar-refractivity contribution in [2.45, 2.75) is 22.6 Å². The highest BCUT2D eigenvalue weighted by molar-refractivity contribution is 7.99. The molecule has 0 fully saturated rings. The smallest absolute Gasteiger partial charge is 0.0264 e. The number of alkyl halides is 2. The Hall–Kier alpha value is -0.630. The van der Waals surface area contributed by atoms with Gasteiger partial charge >= 0.3 is 0 Å².